The van der Waals surface area contributed by atoms with Gasteiger partial charge in [0.05, 0.1) is 5.69 Å². The third-order valence-electron chi connectivity index (χ3n) is 2.67. The van der Waals surface area contributed by atoms with Crippen LogP contribution >= 0.6 is 0 Å². The molecule has 0 saturated heterocycles. The zero-order valence-corrected chi connectivity index (χ0v) is 9.72. The monoisotopic (exact) mass is 241 g/mol. The van der Waals surface area contributed by atoms with E-state index in [-0.39, 0.29) is 0 Å². The van der Waals surface area contributed by atoms with E-state index in [2.05, 4.69) is 20.6 Å². The minimum Gasteiger partial charge on any atom is -0.398 e. The fraction of sp³-hybridized carbons (Fsp3) is 0.0909. The Morgan fingerprint density at radius 1 is 1.28 bits per heavy atom. The van der Waals surface area contributed by atoms with Crippen LogP contribution in [0.2, 0.25) is 0 Å². The summed E-state index contributed by atoms with van der Waals surface area (Å²) in [7, 11) is 0. The molecule has 18 heavy (non-hydrogen) atoms. The molecule has 0 unspecified atom stereocenters. The van der Waals surface area contributed by atoms with Crippen molar-refractivity contribution in [2.75, 3.05) is 5.73 Å². The molecule has 0 atom stereocenters. The Bertz CT molecular complexity index is 669. The van der Waals surface area contributed by atoms with Crippen LogP contribution in [0.15, 0.2) is 36.7 Å². The maximum atomic E-state index is 5.89. The van der Waals surface area contributed by atoms with E-state index in [0.717, 1.165) is 11.3 Å². The van der Waals surface area contributed by atoms with Crippen molar-refractivity contribution < 1.29 is 0 Å². The van der Waals surface area contributed by atoms with Crippen LogP contribution in [0.5, 0.6) is 0 Å². The molecule has 2 aromatic heterocycles. The summed E-state index contributed by atoms with van der Waals surface area (Å²) in [5.41, 5.74) is 8.41. The quantitative estimate of drug-likeness (QED) is 0.668. The first kappa shape index (κ1) is 10.5. The van der Waals surface area contributed by atoms with Gasteiger partial charge in [-0.15, -0.1) is 0 Å². The minimum atomic E-state index is 0.517. The van der Waals surface area contributed by atoms with E-state index in [0.29, 0.717) is 11.6 Å². The lowest BCUT2D eigenvalue weighted by Crippen LogP contribution is -2.07. The van der Waals surface area contributed by atoms with Gasteiger partial charge in [0.15, 0.2) is 0 Å². The summed E-state index contributed by atoms with van der Waals surface area (Å²) in [6.07, 6.45) is 3.45. The average Bonchev–Trinajstić information content (AvgIpc) is 3.00. The lowest BCUT2D eigenvalue weighted by Gasteiger charge is -2.06. The Labute approximate surface area is 103 Å². The molecule has 1 aromatic carbocycles. The maximum Gasteiger partial charge on any atom is 0.275 e. The second kappa shape index (κ2) is 3.95. The van der Waals surface area contributed by atoms with Gasteiger partial charge in [-0.25, -0.2) is 4.68 Å². The van der Waals surface area contributed by atoms with Crippen molar-refractivity contribution in [1.82, 2.24) is 30.0 Å². The molecule has 0 aliphatic carbocycles. The van der Waals surface area contributed by atoms with E-state index in [4.69, 9.17) is 5.73 Å². The summed E-state index contributed by atoms with van der Waals surface area (Å²) in [5, 5.41) is 15.7. The van der Waals surface area contributed by atoms with E-state index in [1.54, 1.807) is 21.8 Å². The highest BCUT2D eigenvalue weighted by atomic mass is 15.6. The van der Waals surface area contributed by atoms with Gasteiger partial charge in [-0.1, -0.05) is 11.2 Å². The first-order chi connectivity index (χ1) is 8.75. The van der Waals surface area contributed by atoms with Crippen molar-refractivity contribution >= 4 is 5.69 Å². The van der Waals surface area contributed by atoms with Gasteiger partial charge in [0.1, 0.15) is 0 Å². The van der Waals surface area contributed by atoms with Gasteiger partial charge in [-0.2, -0.15) is 9.78 Å². The fourth-order valence-electron chi connectivity index (χ4n) is 1.64. The third-order valence-corrected chi connectivity index (χ3v) is 2.67. The van der Waals surface area contributed by atoms with Crippen LogP contribution < -0.4 is 5.73 Å². The van der Waals surface area contributed by atoms with E-state index >= 15 is 0 Å². The summed E-state index contributed by atoms with van der Waals surface area (Å²) in [5.74, 6) is 0.517. The molecule has 0 bridgehead atoms. The van der Waals surface area contributed by atoms with Crippen LogP contribution in [0.1, 0.15) is 5.56 Å². The van der Waals surface area contributed by atoms with Gasteiger partial charge in [0.25, 0.3) is 5.95 Å². The molecule has 90 valence electrons. The van der Waals surface area contributed by atoms with Gasteiger partial charge in [-0.3, -0.25) is 0 Å². The first-order valence-corrected chi connectivity index (χ1v) is 5.40. The molecular weight excluding hydrogens is 230 g/mol. The molecule has 3 aromatic rings. The molecular formula is C11H11N7. The molecule has 2 heterocycles. The third kappa shape index (κ3) is 1.61. The lowest BCUT2D eigenvalue weighted by atomic mass is 10.2. The predicted molar refractivity (Wildman–Crippen MR) is 65.4 cm³/mol. The Morgan fingerprint density at radius 3 is 2.89 bits per heavy atom. The number of nitrogen functional groups attached to an aromatic ring is 1. The summed E-state index contributed by atoms with van der Waals surface area (Å²) in [4.78, 5) is 0. The molecule has 0 spiro atoms. The number of hydrogen-bond acceptors (Lipinski definition) is 5. The Kier molecular flexibility index (Phi) is 2.30. The molecule has 7 nitrogen and oxygen atoms in total. The topological polar surface area (TPSA) is 87.4 Å². The van der Waals surface area contributed by atoms with Crippen LogP contribution in [-0.2, 0) is 0 Å². The van der Waals surface area contributed by atoms with Crippen molar-refractivity contribution in [1.29, 1.82) is 0 Å². The number of hydrogen-bond donors (Lipinski definition) is 1. The highest BCUT2D eigenvalue weighted by molar-refractivity contribution is 5.53. The van der Waals surface area contributed by atoms with Crippen LogP contribution in [0, 0.1) is 6.92 Å². The van der Waals surface area contributed by atoms with Crippen molar-refractivity contribution in [3.8, 4) is 11.6 Å². The molecule has 0 radical (unpaired) electrons. The van der Waals surface area contributed by atoms with Crippen LogP contribution in [0.25, 0.3) is 11.6 Å². The minimum absolute atomic E-state index is 0.517. The molecule has 3 rings (SSSR count). The Balaban J connectivity index is 2.13. The standard InChI is InChI=1S/C11H11N7/c1-8-3-4-9(7-10(8)12)18-11(14-15-16-18)17-6-2-5-13-17/h2-7H,12H2,1H3. The largest absolute Gasteiger partial charge is 0.398 e. The number of rotatable bonds is 2. The molecule has 0 amide bonds. The fourth-order valence-corrected chi connectivity index (χ4v) is 1.64. The second-order valence-corrected chi connectivity index (χ2v) is 3.88. The highest BCUT2D eigenvalue weighted by Crippen LogP contribution is 2.17. The SMILES string of the molecule is Cc1ccc(-n2nnnc2-n2cccn2)cc1N. The number of nitrogens with two attached hydrogens (primary N) is 1. The zero-order chi connectivity index (χ0) is 12.5. The van der Waals surface area contributed by atoms with E-state index in [9.17, 15) is 0 Å². The summed E-state index contributed by atoms with van der Waals surface area (Å²) in [6, 6.07) is 7.48. The normalized spacial score (nSPS) is 10.7. The number of benzene rings is 1. The number of tetrazole rings is 1. The molecule has 0 aliphatic rings. The van der Waals surface area contributed by atoms with E-state index < -0.39 is 0 Å². The number of anilines is 1. The van der Waals surface area contributed by atoms with Gasteiger partial charge in [0, 0.05) is 18.1 Å². The van der Waals surface area contributed by atoms with E-state index in [1.165, 1.54) is 0 Å². The molecule has 7 heteroatoms. The van der Waals surface area contributed by atoms with Gasteiger partial charge in [-0.05, 0) is 41.1 Å². The zero-order valence-electron chi connectivity index (χ0n) is 9.72. The molecule has 0 fully saturated rings. The van der Waals surface area contributed by atoms with Crippen LogP contribution in [0.4, 0.5) is 5.69 Å². The number of aromatic nitrogens is 6. The van der Waals surface area contributed by atoms with Crippen molar-refractivity contribution in [3.05, 3.63) is 42.2 Å². The lowest BCUT2D eigenvalue weighted by molar-refractivity contribution is 0.741. The van der Waals surface area contributed by atoms with Crippen LogP contribution in [-0.4, -0.2) is 30.0 Å². The van der Waals surface area contributed by atoms with Gasteiger partial charge < -0.3 is 5.73 Å². The average molecular weight is 241 g/mol. The van der Waals surface area contributed by atoms with Gasteiger partial charge in [0.2, 0.25) is 0 Å². The summed E-state index contributed by atoms with van der Waals surface area (Å²) < 4.78 is 3.18. The number of aryl methyl sites for hydroxylation is 1. The second-order valence-electron chi connectivity index (χ2n) is 3.88. The first-order valence-electron chi connectivity index (χ1n) is 5.40. The maximum absolute atomic E-state index is 5.89. The molecule has 0 saturated carbocycles. The summed E-state index contributed by atoms with van der Waals surface area (Å²) >= 11 is 0. The Hall–Kier alpha value is -2.70. The van der Waals surface area contributed by atoms with Crippen LogP contribution in [0.3, 0.4) is 0 Å². The van der Waals surface area contributed by atoms with Crippen molar-refractivity contribution in [3.63, 3.8) is 0 Å². The van der Waals surface area contributed by atoms with Gasteiger partial charge >= 0.3 is 0 Å². The van der Waals surface area contributed by atoms with Crippen molar-refractivity contribution in [2.45, 2.75) is 6.92 Å². The molecule has 2 N–H and O–H groups in total. The Morgan fingerprint density at radius 2 is 2.17 bits per heavy atom. The summed E-state index contributed by atoms with van der Waals surface area (Å²) in [6.45, 7) is 1.95. The predicted octanol–water partition coefficient (Wildman–Crippen LogP) is 0.739. The smallest absolute Gasteiger partial charge is 0.275 e. The van der Waals surface area contributed by atoms with E-state index in [1.807, 2.05) is 31.2 Å². The number of nitrogens with zero attached hydrogens (tertiary/aromatic N) is 6. The highest BCUT2D eigenvalue weighted by Gasteiger charge is 2.10. The molecule has 0 aliphatic heterocycles. The van der Waals surface area contributed by atoms with Crippen molar-refractivity contribution in [2.24, 2.45) is 0 Å².